The second-order valence-corrected chi connectivity index (χ2v) is 8.99. The van der Waals surface area contributed by atoms with Gasteiger partial charge in [0.25, 0.3) is 0 Å². The maximum atomic E-state index is 14.0. The van der Waals surface area contributed by atoms with E-state index in [2.05, 4.69) is 26.8 Å². The van der Waals surface area contributed by atoms with Crippen molar-refractivity contribution in [1.82, 2.24) is 14.6 Å². The predicted molar refractivity (Wildman–Crippen MR) is 103 cm³/mol. The molecule has 0 saturated heterocycles. The lowest BCUT2D eigenvalue weighted by molar-refractivity contribution is 0.592. The molecule has 2 heterocycles. The Morgan fingerprint density at radius 2 is 2.14 bits per heavy atom. The van der Waals surface area contributed by atoms with E-state index in [0.29, 0.717) is 34.6 Å². The van der Waals surface area contributed by atoms with Crippen LogP contribution in [0.4, 0.5) is 21.7 Å². The minimum atomic E-state index is -3.37. The van der Waals surface area contributed by atoms with Gasteiger partial charge in [0.1, 0.15) is 29.1 Å². The summed E-state index contributed by atoms with van der Waals surface area (Å²) in [4.78, 5) is 4.43. The highest BCUT2D eigenvalue weighted by molar-refractivity contribution is 7.89. The molecule has 0 aliphatic heterocycles. The summed E-state index contributed by atoms with van der Waals surface area (Å²) in [6.45, 7) is 0. The third-order valence-corrected chi connectivity index (χ3v) is 5.09. The quantitative estimate of drug-likeness (QED) is 0.654. The monoisotopic (exact) mass is 400 g/mol. The van der Waals surface area contributed by atoms with E-state index in [1.54, 1.807) is 10.6 Å². The van der Waals surface area contributed by atoms with Crippen LogP contribution in [0.25, 0.3) is 5.65 Å². The van der Waals surface area contributed by atoms with Crippen molar-refractivity contribution in [2.45, 2.75) is 24.6 Å². The van der Waals surface area contributed by atoms with Crippen molar-refractivity contribution in [3.8, 4) is 6.07 Å². The third-order valence-electron chi connectivity index (χ3n) is 4.26. The fraction of sp³-hybridized carbons (Fsp3) is 0.278. The van der Waals surface area contributed by atoms with E-state index in [-0.39, 0.29) is 5.56 Å². The molecule has 2 aromatic heterocycles. The maximum absolute atomic E-state index is 14.0. The summed E-state index contributed by atoms with van der Waals surface area (Å²) in [5.41, 5.74) is 1.30. The summed E-state index contributed by atoms with van der Waals surface area (Å²) >= 11 is 0. The molecule has 1 saturated carbocycles. The number of nitrogens with one attached hydrogen (secondary N) is 2. The lowest BCUT2D eigenvalue weighted by atomic mass is 10.2. The molecule has 0 spiro atoms. The number of hydrogen-bond donors (Lipinski definition) is 2. The molecule has 144 valence electrons. The number of nitriles is 1. The van der Waals surface area contributed by atoms with Gasteiger partial charge in [-0.05, 0) is 31.0 Å². The Morgan fingerprint density at radius 1 is 1.36 bits per heavy atom. The van der Waals surface area contributed by atoms with Gasteiger partial charge in [0.15, 0.2) is 15.5 Å². The fourth-order valence-corrected chi connectivity index (χ4v) is 3.63. The number of halogens is 1. The second kappa shape index (κ2) is 6.76. The highest BCUT2D eigenvalue weighted by atomic mass is 32.2. The van der Waals surface area contributed by atoms with Gasteiger partial charge in [0.05, 0.1) is 11.9 Å². The molecule has 1 fully saturated rings. The molecule has 3 aromatic rings. The second-order valence-electron chi connectivity index (χ2n) is 6.85. The molecule has 0 amide bonds. The molecule has 2 N–H and O–H groups in total. The molecule has 0 bridgehead atoms. The summed E-state index contributed by atoms with van der Waals surface area (Å²) < 4.78 is 38.6. The zero-order valence-corrected chi connectivity index (χ0v) is 15.8. The van der Waals surface area contributed by atoms with Crippen LogP contribution in [0.1, 0.15) is 24.0 Å². The number of nitrogens with zero attached hydrogens (tertiary/aromatic N) is 4. The van der Waals surface area contributed by atoms with Crippen molar-refractivity contribution >= 4 is 32.8 Å². The molecule has 1 aromatic carbocycles. The standard InChI is InChI=1S/C18H17FN6O2S/c1-28(26,27)10-11-6-14(4-5-15(11)19)22-16-7-17(23-13-2-3-13)25-18(24-16)12(8-20)9-21-25/h4-7,9,13,23H,2-3,10H2,1H3,(H,22,24). The Hall–Kier alpha value is -3.19. The van der Waals surface area contributed by atoms with E-state index in [0.717, 1.165) is 19.1 Å². The fourth-order valence-electron chi connectivity index (χ4n) is 2.84. The predicted octanol–water partition coefficient (Wildman–Crippen LogP) is 2.60. The first kappa shape index (κ1) is 18.2. The Balaban J connectivity index is 1.71. The summed E-state index contributed by atoms with van der Waals surface area (Å²) in [6, 6.07) is 8.33. The molecule has 0 radical (unpaired) electrons. The average molecular weight is 400 g/mol. The van der Waals surface area contributed by atoms with Gasteiger partial charge in [-0.15, -0.1) is 0 Å². The van der Waals surface area contributed by atoms with Gasteiger partial charge in [-0.25, -0.2) is 17.8 Å². The average Bonchev–Trinajstić information content (AvgIpc) is 3.33. The molecular weight excluding hydrogens is 383 g/mol. The summed E-state index contributed by atoms with van der Waals surface area (Å²) in [5, 5.41) is 19.9. The topological polar surface area (TPSA) is 112 Å². The Morgan fingerprint density at radius 3 is 2.82 bits per heavy atom. The van der Waals surface area contributed by atoms with Gasteiger partial charge in [-0.2, -0.15) is 14.9 Å². The summed E-state index contributed by atoms with van der Waals surface area (Å²) in [7, 11) is -3.37. The largest absolute Gasteiger partial charge is 0.367 e. The van der Waals surface area contributed by atoms with Crippen LogP contribution in [0.2, 0.25) is 0 Å². The number of aromatic nitrogens is 3. The van der Waals surface area contributed by atoms with E-state index in [1.165, 1.54) is 24.4 Å². The van der Waals surface area contributed by atoms with Crippen molar-refractivity contribution in [2.75, 3.05) is 16.9 Å². The molecular formula is C18H17FN6O2S. The van der Waals surface area contributed by atoms with E-state index in [9.17, 15) is 18.1 Å². The first-order valence-corrected chi connectivity index (χ1v) is 10.7. The van der Waals surface area contributed by atoms with Gasteiger partial charge in [0.2, 0.25) is 0 Å². The minimum absolute atomic E-state index is 0.0759. The summed E-state index contributed by atoms with van der Waals surface area (Å²) in [6.07, 6.45) is 4.63. The molecule has 1 aliphatic rings. The third kappa shape index (κ3) is 3.89. The van der Waals surface area contributed by atoms with E-state index in [1.807, 2.05) is 0 Å². The van der Waals surface area contributed by atoms with E-state index >= 15 is 0 Å². The number of sulfone groups is 1. The van der Waals surface area contributed by atoms with Crippen LogP contribution in [0.15, 0.2) is 30.5 Å². The molecule has 28 heavy (non-hydrogen) atoms. The first-order valence-electron chi connectivity index (χ1n) is 8.61. The van der Waals surface area contributed by atoms with Crippen molar-refractivity contribution in [3.63, 3.8) is 0 Å². The number of hydrogen-bond acceptors (Lipinski definition) is 7. The van der Waals surface area contributed by atoms with Crippen molar-refractivity contribution in [1.29, 1.82) is 5.26 Å². The van der Waals surface area contributed by atoms with Gasteiger partial charge >= 0.3 is 0 Å². The normalized spacial score (nSPS) is 14.0. The van der Waals surface area contributed by atoms with Gasteiger partial charge in [0, 0.05) is 29.6 Å². The molecule has 8 nitrogen and oxygen atoms in total. The highest BCUT2D eigenvalue weighted by Gasteiger charge is 2.23. The zero-order valence-electron chi connectivity index (χ0n) is 15.0. The lowest BCUT2D eigenvalue weighted by Crippen LogP contribution is -2.09. The molecule has 4 rings (SSSR count). The van der Waals surface area contributed by atoms with Crippen LogP contribution in [0.5, 0.6) is 0 Å². The Kier molecular flexibility index (Phi) is 4.39. The molecule has 10 heteroatoms. The summed E-state index contributed by atoms with van der Waals surface area (Å²) in [5.74, 6) is 0.147. The minimum Gasteiger partial charge on any atom is -0.367 e. The SMILES string of the molecule is CS(=O)(=O)Cc1cc(Nc2cc(NC3CC3)n3ncc(C#N)c3n2)ccc1F. The number of fused-ring (bicyclic) bond motifs is 1. The van der Waals surface area contributed by atoms with Crippen LogP contribution in [-0.2, 0) is 15.6 Å². The molecule has 1 aliphatic carbocycles. The number of rotatable bonds is 6. The van der Waals surface area contributed by atoms with Crippen molar-refractivity contribution in [2.24, 2.45) is 0 Å². The lowest BCUT2D eigenvalue weighted by Gasteiger charge is -2.12. The van der Waals surface area contributed by atoms with Crippen LogP contribution in [0.3, 0.4) is 0 Å². The van der Waals surface area contributed by atoms with Crippen molar-refractivity contribution in [3.05, 3.63) is 47.4 Å². The van der Waals surface area contributed by atoms with Crippen LogP contribution in [0, 0.1) is 17.1 Å². The van der Waals surface area contributed by atoms with Gasteiger partial charge in [-0.3, -0.25) is 0 Å². The van der Waals surface area contributed by atoms with E-state index < -0.39 is 21.4 Å². The van der Waals surface area contributed by atoms with Crippen LogP contribution < -0.4 is 10.6 Å². The van der Waals surface area contributed by atoms with Gasteiger partial charge < -0.3 is 10.6 Å². The van der Waals surface area contributed by atoms with Crippen LogP contribution >= 0.6 is 0 Å². The molecule has 0 atom stereocenters. The molecule has 0 unspecified atom stereocenters. The Bertz CT molecular complexity index is 1210. The highest BCUT2D eigenvalue weighted by Crippen LogP contribution is 2.28. The number of anilines is 3. The number of benzene rings is 1. The van der Waals surface area contributed by atoms with Crippen molar-refractivity contribution < 1.29 is 12.8 Å². The van der Waals surface area contributed by atoms with Crippen LogP contribution in [-0.4, -0.2) is 35.3 Å². The smallest absolute Gasteiger partial charge is 0.177 e. The zero-order chi connectivity index (χ0) is 19.9. The first-order chi connectivity index (χ1) is 13.3. The Labute approximate surface area is 160 Å². The van der Waals surface area contributed by atoms with Gasteiger partial charge in [-0.1, -0.05) is 0 Å². The maximum Gasteiger partial charge on any atom is 0.177 e. The van der Waals surface area contributed by atoms with E-state index in [4.69, 9.17) is 0 Å².